The van der Waals surface area contributed by atoms with Crippen LogP contribution < -0.4 is 5.32 Å². The van der Waals surface area contributed by atoms with E-state index >= 15 is 0 Å². The van der Waals surface area contributed by atoms with E-state index in [0.717, 1.165) is 36.1 Å². The van der Waals surface area contributed by atoms with Gasteiger partial charge in [-0.2, -0.15) is 0 Å². The van der Waals surface area contributed by atoms with Crippen LogP contribution in [0.15, 0.2) is 43.0 Å². The number of amides is 2. The zero-order valence-corrected chi connectivity index (χ0v) is 17.5. The Kier molecular flexibility index (Phi) is 6.62. The third kappa shape index (κ3) is 4.81. The molecule has 0 spiro atoms. The average molecular weight is 395 g/mol. The van der Waals surface area contributed by atoms with Crippen molar-refractivity contribution in [1.82, 2.24) is 20.2 Å². The normalized spacial score (nSPS) is 19.2. The largest absolute Gasteiger partial charge is 0.353 e. The van der Waals surface area contributed by atoms with Gasteiger partial charge in [0.2, 0.25) is 11.8 Å². The van der Waals surface area contributed by atoms with Crippen LogP contribution in [0.5, 0.6) is 0 Å². The number of hydrogen-bond acceptors (Lipinski definition) is 4. The average Bonchev–Trinajstić information content (AvgIpc) is 2.74. The smallest absolute Gasteiger partial charge is 0.228 e. The summed E-state index contributed by atoms with van der Waals surface area (Å²) in [6.07, 6.45) is 7.72. The van der Waals surface area contributed by atoms with Crippen LogP contribution in [-0.2, 0) is 16.0 Å². The molecule has 2 aromatic rings. The molecular formula is C23H30N4O2. The molecule has 1 saturated heterocycles. The Morgan fingerprint density at radius 1 is 1.21 bits per heavy atom. The summed E-state index contributed by atoms with van der Waals surface area (Å²) in [5.74, 6) is 0.136. The molecule has 29 heavy (non-hydrogen) atoms. The SMILES string of the molecule is CCC(=O)N1CCC[C@](Cc2ccccc2-c2cncnc2)(C(=O)NC(C)C)C1. The highest BCUT2D eigenvalue weighted by atomic mass is 16.2. The van der Waals surface area contributed by atoms with Crippen molar-refractivity contribution in [3.05, 3.63) is 48.5 Å². The van der Waals surface area contributed by atoms with E-state index < -0.39 is 5.41 Å². The molecule has 1 aliphatic rings. The monoisotopic (exact) mass is 394 g/mol. The van der Waals surface area contributed by atoms with Crippen molar-refractivity contribution in [2.75, 3.05) is 13.1 Å². The molecule has 3 rings (SSSR count). The van der Waals surface area contributed by atoms with E-state index in [1.165, 1.54) is 6.33 Å². The van der Waals surface area contributed by atoms with Gasteiger partial charge in [-0.15, -0.1) is 0 Å². The lowest BCUT2D eigenvalue weighted by Crippen LogP contribution is -2.55. The maximum Gasteiger partial charge on any atom is 0.228 e. The Hall–Kier alpha value is -2.76. The van der Waals surface area contributed by atoms with Crippen molar-refractivity contribution in [3.8, 4) is 11.1 Å². The lowest BCUT2D eigenvalue weighted by molar-refractivity contribution is -0.141. The van der Waals surface area contributed by atoms with Gasteiger partial charge in [0.05, 0.1) is 5.41 Å². The highest BCUT2D eigenvalue weighted by molar-refractivity contribution is 5.85. The Morgan fingerprint density at radius 2 is 1.93 bits per heavy atom. The highest BCUT2D eigenvalue weighted by Gasteiger charge is 2.43. The van der Waals surface area contributed by atoms with Crippen molar-refractivity contribution >= 4 is 11.8 Å². The first-order valence-electron chi connectivity index (χ1n) is 10.4. The first-order chi connectivity index (χ1) is 13.9. The Balaban J connectivity index is 1.98. The lowest BCUT2D eigenvalue weighted by atomic mass is 9.73. The Morgan fingerprint density at radius 3 is 2.62 bits per heavy atom. The minimum absolute atomic E-state index is 0.0280. The molecular weight excluding hydrogens is 364 g/mol. The third-order valence-electron chi connectivity index (χ3n) is 5.55. The summed E-state index contributed by atoms with van der Waals surface area (Å²) in [7, 11) is 0. The van der Waals surface area contributed by atoms with Gasteiger partial charge in [-0.1, -0.05) is 31.2 Å². The maximum absolute atomic E-state index is 13.4. The summed E-state index contributed by atoms with van der Waals surface area (Å²) < 4.78 is 0. The molecule has 6 nitrogen and oxygen atoms in total. The quantitative estimate of drug-likeness (QED) is 0.816. The van der Waals surface area contributed by atoms with E-state index in [1.807, 2.05) is 43.9 Å². The zero-order chi connectivity index (χ0) is 20.9. The number of benzene rings is 1. The van der Waals surface area contributed by atoms with Crippen molar-refractivity contribution in [2.45, 2.75) is 52.5 Å². The second-order valence-corrected chi connectivity index (χ2v) is 8.14. The highest BCUT2D eigenvalue weighted by Crippen LogP contribution is 2.37. The molecule has 0 unspecified atom stereocenters. The second-order valence-electron chi connectivity index (χ2n) is 8.14. The topological polar surface area (TPSA) is 75.2 Å². The van der Waals surface area contributed by atoms with Crippen molar-refractivity contribution in [1.29, 1.82) is 0 Å². The van der Waals surface area contributed by atoms with E-state index in [4.69, 9.17) is 0 Å². The van der Waals surface area contributed by atoms with Crippen LogP contribution in [0, 0.1) is 5.41 Å². The number of rotatable bonds is 6. The van der Waals surface area contributed by atoms with Crippen LogP contribution in [0.2, 0.25) is 0 Å². The molecule has 2 heterocycles. The number of aromatic nitrogens is 2. The van der Waals surface area contributed by atoms with E-state index in [9.17, 15) is 9.59 Å². The van der Waals surface area contributed by atoms with Gasteiger partial charge in [0.15, 0.2) is 0 Å². The second kappa shape index (κ2) is 9.16. The van der Waals surface area contributed by atoms with Gasteiger partial charge in [-0.05, 0) is 44.2 Å². The summed E-state index contributed by atoms with van der Waals surface area (Å²) in [6, 6.07) is 8.14. The van der Waals surface area contributed by atoms with Crippen LogP contribution in [0.1, 0.15) is 45.6 Å². The van der Waals surface area contributed by atoms with E-state index in [-0.39, 0.29) is 17.9 Å². The number of carbonyl (C=O) groups is 2. The van der Waals surface area contributed by atoms with Crippen LogP contribution in [0.4, 0.5) is 0 Å². The number of carbonyl (C=O) groups excluding carboxylic acids is 2. The van der Waals surface area contributed by atoms with Gasteiger partial charge in [-0.25, -0.2) is 9.97 Å². The third-order valence-corrected chi connectivity index (χ3v) is 5.55. The number of nitrogens with one attached hydrogen (secondary N) is 1. The molecule has 2 amide bonds. The van der Waals surface area contributed by atoms with E-state index in [1.54, 1.807) is 12.4 Å². The summed E-state index contributed by atoms with van der Waals surface area (Å²) in [6.45, 7) is 6.99. The first kappa shape index (κ1) is 21.0. The summed E-state index contributed by atoms with van der Waals surface area (Å²) in [5, 5.41) is 3.11. The number of hydrogen-bond donors (Lipinski definition) is 1. The summed E-state index contributed by atoms with van der Waals surface area (Å²) in [4.78, 5) is 35.9. The lowest BCUT2D eigenvalue weighted by Gasteiger charge is -2.42. The predicted molar refractivity (Wildman–Crippen MR) is 113 cm³/mol. The fourth-order valence-corrected chi connectivity index (χ4v) is 4.15. The molecule has 0 aliphatic carbocycles. The van der Waals surface area contributed by atoms with Crippen LogP contribution in [-0.4, -0.2) is 45.8 Å². The Bertz CT molecular complexity index is 853. The fraction of sp³-hybridized carbons (Fsp3) is 0.478. The minimum atomic E-state index is -0.640. The molecule has 6 heteroatoms. The molecule has 1 aromatic carbocycles. The summed E-state index contributed by atoms with van der Waals surface area (Å²) in [5.41, 5.74) is 2.40. The van der Waals surface area contributed by atoms with E-state index in [0.29, 0.717) is 19.4 Å². The molecule has 1 fully saturated rings. The molecule has 1 aliphatic heterocycles. The number of nitrogens with zero attached hydrogens (tertiary/aromatic N) is 3. The molecule has 0 radical (unpaired) electrons. The van der Waals surface area contributed by atoms with Gasteiger partial charge in [0.1, 0.15) is 6.33 Å². The molecule has 0 bridgehead atoms. The van der Waals surface area contributed by atoms with Crippen molar-refractivity contribution in [2.24, 2.45) is 5.41 Å². The predicted octanol–water partition coefficient (Wildman–Crippen LogP) is 3.23. The summed E-state index contributed by atoms with van der Waals surface area (Å²) >= 11 is 0. The van der Waals surface area contributed by atoms with Gasteiger partial charge in [-0.3, -0.25) is 9.59 Å². The van der Waals surface area contributed by atoms with Gasteiger partial charge >= 0.3 is 0 Å². The van der Waals surface area contributed by atoms with Gasteiger partial charge in [0, 0.05) is 43.5 Å². The molecule has 154 valence electrons. The minimum Gasteiger partial charge on any atom is -0.353 e. The molecule has 1 atom stereocenters. The fourth-order valence-electron chi connectivity index (χ4n) is 4.15. The zero-order valence-electron chi connectivity index (χ0n) is 17.5. The number of piperidine rings is 1. The van der Waals surface area contributed by atoms with Crippen molar-refractivity contribution < 1.29 is 9.59 Å². The number of likely N-dealkylation sites (tertiary alicyclic amines) is 1. The Labute approximate surface area is 172 Å². The standard InChI is InChI=1S/C23H30N4O2/c1-4-21(28)27-11-7-10-23(15-27,22(29)26-17(2)3)12-18-8-5-6-9-20(18)19-13-24-16-25-14-19/h5-6,8-9,13-14,16-17H,4,7,10-12,15H2,1-3H3,(H,26,29)/t23-/m1/s1. The molecule has 1 N–H and O–H groups in total. The van der Waals surface area contributed by atoms with Gasteiger partial charge < -0.3 is 10.2 Å². The first-order valence-corrected chi connectivity index (χ1v) is 10.4. The van der Waals surface area contributed by atoms with Crippen LogP contribution >= 0.6 is 0 Å². The van der Waals surface area contributed by atoms with E-state index in [2.05, 4.69) is 21.4 Å². The maximum atomic E-state index is 13.4. The van der Waals surface area contributed by atoms with Crippen LogP contribution in [0.3, 0.4) is 0 Å². The van der Waals surface area contributed by atoms with Crippen molar-refractivity contribution in [3.63, 3.8) is 0 Å². The molecule has 1 aromatic heterocycles. The molecule has 0 saturated carbocycles. The van der Waals surface area contributed by atoms with Gasteiger partial charge in [0.25, 0.3) is 0 Å². The van der Waals surface area contributed by atoms with Crippen LogP contribution in [0.25, 0.3) is 11.1 Å².